The summed E-state index contributed by atoms with van der Waals surface area (Å²) in [6.07, 6.45) is -3.32. The zero-order valence-electron chi connectivity index (χ0n) is 82.4. The molecule has 0 radical (unpaired) electrons. The molecule has 0 aliphatic carbocycles. The van der Waals surface area contributed by atoms with Gasteiger partial charge in [0, 0.05) is 0 Å². The first kappa shape index (κ1) is 113. The van der Waals surface area contributed by atoms with Crippen molar-refractivity contribution >= 4 is 123 Å². The van der Waals surface area contributed by atoms with Crippen LogP contribution in [0.5, 0.6) is 23.0 Å². The molecule has 22 N–H and O–H groups in total. The maximum absolute atomic E-state index is 13.7. The molecule has 2 unspecified atom stereocenters. The quantitative estimate of drug-likeness (QED) is 0.0131. The minimum absolute atomic E-state index is 0.149. The largest absolute Gasteiger partial charge is 0.462 e. The van der Waals surface area contributed by atoms with Crippen LogP contribution in [0.4, 0.5) is 23.3 Å². The van der Waals surface area contributed by atoms with Crippen LogP contribution >= 0.6 is 31.0 Å². The van der Waals surface area contributed by atoms with Gasteiger partial charge in [-0.15, -0.1) is 0 Å². The standard InChI is InChI=1S/C23H28N7O7P.3C22H30N7O7P/c1-13(2)35-23(32)14(3)29-38(33,37-15-7-5-4-6-8-15)34-10-17-19(31)16(9-24)22(36-17)30-12-28-18-20(25)26-11-27-21(18)30;3*1-12(2)34-22(31)13(3)28-37(32,36-14-7-5-4-6-8-14)33-9-15-18(30)16(23)21(35-15)29-11-27-17-19(24)25-10-26-20(17)29/h4-8,11-14,16-17,19,22,31H,10H2,1-3H3,(H,29,33)(H2,25,26,27);3*4-8,10-13,15-16,18,21,30H,9,23H2,1-3H3,(H,28,32)(H2,24,25,26)/t14-,16-,17-,19+,22-,38?;13-,15-,16-,18-,21-,37?;13-,15-,16-,18-,21-,37+;13-,15-,16-,18-,21-,37-/m1111/s1. The third kappa shape index (κ3) is 28.6. The summed E-state index contributed by atoms with van der Waals surface area (Å²) >= 11 is 0. The molecule has 56 nitrogen and oxygen atoms in total. The third-order valence-corrected chi connectivity index (χ3v) is 28.7. The number of carbonyl (C=O) groups is 4. The van der Waals surface area contributed by atoms with Crippen LogP contribution in [-0.2, 0) is 93.4 Å². The van der Waals surface area contributed by atoms with Crippen molar-refractivity contribution in [3.05, 3.63) is 172 Å². The molecular formula is C89H118N28O28P4. The molecule has 16 rings (SSSR count). The van der Waals surface area contributed by atoms with Gasteiger partial charge in [-0.2, -0.15) is 25.6 Å². The van der Waals surface area contributed by atoms with Crippen LogP contribution in [0.1, 0.15) is 108 Å². The number of fused-ring (bicyclic) bond motifs is 4. The van der Waals surface area contributed by atoms with Crippen LogP contribution in [0, 0.1) is 17.2 Å². The first-order valence-corrected chi connectivity index (χ1v) is 52.6. The van der Waals surface area contributed by atoms with Gasteiger partial charge in [0.25, 0.3) is 0 Å². The number of nitrogens with two attached hydrogens (primary N) is 7. The first-order valence-electron chi connectivity index (χ1n) is 46.5. The predicted molar refractivity (Wildman–Crippen MR) is 529 cm³/mol. The number of hydrogen-bond donors (Lipinski definition) is 15. The van der Waals surface area contributed by atoms with Gasteiger partial charge in [0.05, 0.1) is 100 Å². The molecule has 4 aliphatic heterocycles. The van der Waals surface area contributed by atoms with Gasteiger partial charge >= 0.3 is 54.9 Å². The summed E-state index contributed by atoms with van der Waals surface area (Å²) in [5.74, 6) is -1.95. The SMILES string of the molecule is CC(C)OC(=O)[C@@H](C)NP(=O)(OC[C@H]1O[C@@H](n2cnc3c(N)ncnc32)[C@H](C#N)[C@@H]1O)Oc1ccccc1.CC(C)OC(=O)[C@@H](C)NP(=O)(OC[C@H]1O[C@@H](n2cnc3c(N)ncnc32)[C@H](N)[C@@H]1O)Oc1ccccc1.CC(C)OC(=O)[C@@H](C)N[P@@](=O)(OC[C@H]1O[C@@H](n2cnc3c(N)ncnc32)[C@H](N)[C@@H]1O)Oc1ccccc1.CC(C)OC(=O)[C@@H](C)N[P@](=O)(OC[C@H]1O[C@@H](n2cnc3c(N)ncnc32)[C@H](N)[C@@H]1O)Oc1ccccc1. The molecule has 60 heteroatoms. The van der Waals surface area contributed by atoms with Crippen LogP contribution in [-0.4, -0.2) is 264 Å². The van der Waals surface area contributed by atoms with Crippen LogP contribution in [0.2, 0.25) is 0 Å². The summed E-state index contributed by atoms with van der Waals surface area (Å²) in [7, 11) is -16.7. The van der Waals surface area contributed by atoms with Crippen molar-refractivity contribution in [3.63, 3.8) is 0 Å². The molecule has 12 aromatic rings. The van der Waals surface area contributed by atoms with E-state index >= 15 is 0 Å². The second-order valence-electron chi connectivity index (χ2n) is 35.1. The molecule has 0 amide bonds. The number of rotatable bonds is 40. The minimum atomic E-state index is -4.21. The monoisotopic (exact) mass is 2150 g/mol. The number of para-hydroxylation sites is 4. The number of aliphatic hydroxyl groups excluding tert-OH is 4. The Kier molecular flexibility index (Phi) is 38.0. The van der Waals surface area contributed by atoms with Gasteiger partial charge in [0.15, 0.2) is 70.8 Å². The van der Waals surface area contributed by atoms with Crippen molar-refractivity contribution in [1.29, 1.82) is 5.26 Å². The van der Waals surface area contributed by atoms with E-state index in [-0.39, 0.29) is 90.5 Å². The number of ether oxygens (including phenoxy) is 8. The fourth-order valence-corrected chi connectivity index (χ4v) is 21.0. The second kappa shape index (κ2) is 50.1. The van der Waals surface area contributed by atoms with E-state index in [0.717, 1.165) is 0 Å². The first-order chi connectivity index (χ1) is 70.8. The van der Waals surface area contributed by atoms with E-state index in [1.54, 1.807) is 177 Å². The highest BCUT2D eigenvalue weighted by Crippen LogP contribution is 2.52. The van der Waals surface area contributed by atoms with Gasteiger partial charge in [-0.3, -0.25) is 55.5 Å². The molecule has 0 bridgehead atoms. The van der Waals surface area contributed by atoms with Gasteiger partial charge in [-0.1, -0.05) is 72.8 Å². The highest BCUT2D eigenvalue weighted by Gasteiger charge is 2.51. The number of anilines is 4. The van der Waals surface area contributed by atoms with E-state index in [9.17, 15) is 63.1 Å². The predicted octanol–water partition coefficient (Wildman–Crippen LogP) is 5.32. The number of aliphatic hydroxyl groups is 4. The van der Waals surface area contributed by atoms with Crippen molar-refractivity contribution in [2.24, 2.45) is 23.1 Å². The summed E-state index contributed by atoms with van der Waals surface area (Å²) in [4.78, 5) is 98.3. The Morgan fingerprint density at radius 1 is 0.342 bits per heavy atom. The Bertz CT molecular complexity index is 6310. The number of nitrogens with one attached hydrogen (secondary N) is 4. The van der Waals surface area contributed by atoms with E-state index in [1.165, 1.54) is 96.6 Å². The molecule has 0 spiro atoms. The second-order valence-corrected chi connectivity index (χ2v) is 41.9. The fourth-order valence-electron chi connectivity index (χ4n) is 15.0. The Hall–Kier alpha value is -13.0. The smallest absolute Gasteiger partial charge is 0.459 e. The normalized spacial score (nSPS) is 24.0. The Balaban J connectivity index is 0.000000166. The lowest BCUT2D eigenvalue weighted by Crippen LogP contribution is -2.40. The van der Waals surface area contributed by atoms with Crippen LogP contribution in [0.25, 0.3) is 44.7 Å². The summed E-state index contributed by atoms with van der Waals surface area (Å²) in [5, 5.41) is 63.2. The highest BCUT2D eigenvalue weighted by molar-refractivity contribution is 7.53. The Morgan fingerprint density at radius 2 is 0.550 bits per heavy atom. The van der Waals surface area contributed by atoms with E-state index < -0.39 is 183 Å². The molecule has 4 aliphatic rings. The number of aromatic nitrogens is 16. The van der Waals surface area contributed by atoms with Crippen LogP contribution in [0.3, 0.4) is 0 Å². The van der Waals surface area contributed by atoms with E-state index in [0.29, 0.717) is 44.7 Å². The number of benzene rings is 4. The van der Waals surface area contributed by atoms with E-state index in [1.807, 2.05) is 6.07 Å². The number of carbonyl (C=O) groups excluding carboxylic acids is 4. The van der Waals surface area contributed by atoms with Gasteiger partial charge in [-0.05, 0) is 132 Å². The number of nitriles is 1. The van der Waals surface area contributed by atoms with Crippen molar-refractivity contribution in [1.82, 2.24) is 98.4 Å². The molecule has 149 heavy (non-hydrogen) atoms. The van der Waals surface area contributed by atoms with Gasteiger partial charge in [-0.25, -0.2) is 78.1 Å². The maximum Gasteiger partial charge on any atom is 0.459 e. The molecule has 8 aromatic heterocycles. The lowest BCUT2D eigenvalue weighted by Gasteiger charge is -2.25. The number of nitrogen functional groups attached to an aromatic ring is 4. The average molecular weight is 2150 g/mol. The number of imidazole rings is 4. The molecule has 12 heterocycles. The summed E-state index contributed by atoms with van der Waals surface area (Å²) in [6.45, 7) is 17.9. The molecule has 24 atom stereocenters. The lowest BCUT2D eigenvalue weighted by atomic mass is 10.0. The molecule has 4 fully saturated rings. The Labute approximate surface area is 851 Å². The van der Waals surface area contributed by atoms with Crippen LogP contribution < -0.4 is 78.6 Å². The number of esters is 4. The molecule has 4 saturated heterocycles. The fraction of sp³-hybridized carbons (Fsp3) is 0.449. The molecular weight excluding hydrogens is 2030 g/mol. The van der Waals surface area contributed by atoms with Crippen LogP contribution in [0.15, 0.2) is 172 Å². The van der Waals surface area contributed by atoms with Gasteiger partial charge < -0.3 is 117 Å². The van der Waals surface area contributed by atoms with Crippen molar-refractivity contribution in [2.45, 2.75) is 224 Å². The zero-order chi connectivity index (χ0) is 108. The van der Waals surface area contributed by atoms with Gasteiger partial charge in [0.1, 0.15) is 149 Å². The van der Waals surface area contributed by atoms with Gasteiger partial charge in [0.2, 0.25) is 0 Å². The summed E-state index contributed by atoms with van der Waals surface area (Å²) < 4.78 is 150. The van der Waals surface area contributed by atoms with E-state index in [2.05, 4.69) is 80.2 Å². The summed E-state index contributed by atoms with van der Waals surface area (Å²) in [6, 6.07) is 28.4. The molecule has 0 saturated carbocycles. The van der Waals surface area contributed by atoms with Crippen molar-refractivity contribution in [3.8, 4) is 29.1 Å². The lowest BCUT2D eigenvalue weighted by molar-refractivity contribution is -0.150. The number of hydrogen-bond acceptors (Lipinski definition) is 48. The zero-order valence-corrected chi connectivity index (χ0v) is 85.9. The molecule has 4 aromatic carbocycles. The average Bonchev–Trinajstić information content (AvgIpc) is 1.68. The highest BCUT2D eigenvalue weighted by atomic mass is 31.2. The maximum atomic E-state index is 13.7. The molecule has 802 valence electrons. The third-order valence-electron chi connectivity index (χ3n) is 22.2. The Morgan fingerprint density at radius 3 is 0.765 bits per heavy atom. The topological polar surface area (TPSA) is 794 Å². The number of nitrogens with zero attached hydrogens (tertiary/aromatic N) is 17. The van der Waals surface area contributed by atoms with Crippen molar-refractivity contribution in [2.75, 3.05) is 49.4 Å². The minimum Gasteiger partial charge on any atom is -0.462 e. The van der Waals surface area contributed by atoms with E-state index in [4.69, 9.17) is 114 Å². The van der Waals surface area contributed by atoms with Crippen molar-refractivity contribution < 1.29 is 132 Å². The summed E-state index contributed by atoms with van der Waals surface area (Å²) in [5.41, 5.74) is 44.9.